The van der Waals surface area contributed by atoms with Crippen molar-refractivity contribution in [2.45, 2.75) is 19.9 Å². The monoisotopic (exact) mass is 442 g/mol. The van der Waals surface area contributed by atoms with Crippen molar-refractivity contribution >= 4 is 11.7 Å². The van der Waals surface area contributed by atoms with Gasteiger partial charge in [-0.25, -0.2) is 4.79 Å². The third kappa shape index (κ3) is 4.91. The topological polar surface area (TPSA) is 78.6 Å². The Morgan fingerprint density at radius 1 is 1.16 bits per heavy atom. The summed E-state index contributed by atoms with van der Waals surface area (Å²) in [6, 6.07) is 11.1. The maximum absolute atomic E-state index is 13.4. The number of nitrogens with zero attached hydrogens (tertiary/aromatic N) is 6. The van der Waals surface area contributed by atoms with E-state index in [1.807, 2.05) is 43.1 Å². The molecule has 1 aromatic carbocycles. The van der Waals surface area contributed by atoms with E-state index >= 15 is 0 Å². The van der Waals surface area contributed by atoms with Gasteiger partial charge in [-0.05, 0) is 43.8 Å². The molecule has 8 nitrogen and oxygen atoms in total. The molecule has 4 rings (SSSR count). The van der Waals surface area contributed by atoms with Crippen LogP contribution in [0.1, 0.15) is 23.6 Å². The van der Waals surface area contributed by atoms with E-state index in [1.165, 1.54) is 6.20 Å². The molecule has 32 heavy (non-hydrogen) atoms. The molecule has 2 amide bonds. The van der Waals surface area contributed by atoms with Gasteiger partial charge in [-0.1, -0.05) is 12.1 Å². The summed E-state index contributed by atoms with van der Waals surface area (Å²) in [5, 5.41) is 6.97. The van der Waals surface area contributed by atoms with Gasteiger partial charge in [0.05, 0.1) is 17.8 Å². The fourth-order valence-electron chi connectivity index (χ4n) is 3.48. The summed E-state index contributed by atoms with van der Waals surface area (Å²) in [5.74, 6) is -0.754. The molecule has 0 aliphatic carbocycles. The summed E-state index contributed by atoms with van der Waals surface area (Å²) in [7, 11) is 2.04. The van der Waals surface area contributed by atoms with Crippen molar-refractivity contribution in [3.63, 3.8) is 0 Å². The van der Waals surface area contributed by atoms with Crippen LogP contribution in [0.3, 0.4) is 0 Å². The number of alkyl halides is 2. The summed E-state index contributed by atoms with van der Waals surface area (Å²) in [4.78, 5) is 23.5. The molecule has 3 aromatic rings. The van der Waals surface area contributed by atoms with E-state index in [1.54, 1.807) is 17.0 Å². The lowest BCUT2D eigenvalue weighted by molar-refractivity contribution is 0.116. The van der Waals surface area contributed by atoms with Gasteiger partial charge in [0.2, 0.25) is 5.89 Å². The predicted molar refractivity (Wildman–Crippen MR) is 114 cm³/mol. The first-order valence-electron chi connectivity index (χ1n) is 10.3. The third-order valence-corrected chi connectivity index (χ3v) is 5.34. The Bertz CT molecular complexity index is 1060. The Hall–Kier alpha value is -3.40. The van der Waals surface area contributed by atoms with Crippen molar-refractivity contribution < 1.29 is 18.0 Å². The minimum Gasteiger partial charge on any atom is -0.415 e. The molecule has 1 aliphatic rings. The highest BCUT2D eigenvalue weighted by atomic mass is 19.3. The molecule has 1 aliphatic heterocycles. The maximum atomic E-state index is 13.4. The lowest BCUT2D eigenvalue weighted by Gasteiger charge is -2.36. The van der Waals surface area contributed by atoms with E-state index in [-0.39, 0.29) is 18.5 Å². The van der Waals surface area contributed by atoms with Crippen molar-refractivity contribution in [3.8, 4) is 11.5 Å². The van der Waals surface area contributed by atoms with Gasteiger partial charge in [0.1, 0.15) is 0 Å². The first-order chi connectivity index (χ1) is 15.4. The molecule has 0 saturated carbocycles. The number of hydrogen-bond donors (Lipinski definition) is 0. The smallest absolute Gasteiger partial charge is 0.324 e. The van der Waals surface area contributed by atoms with E-state index in [2.05, 4.69) is 20.1 Å². The van der Waals surface area contributed by atoms with Crippen LogP contribution in [0.25, 0.3) is 11.5 Å². The minimum absolute atomic E-state index is 0.0246. The van der Waals surface area contributed by atoms with Gasteiger partial charge < -0.3 is 14.2 Å². The molecule has 3 heterocycles. The summed E-state index contributed by atoms with van der Waals surface area (Å²) in [5.41, 5.74) is 2.92. The van der Waals surface area contributed by atoms with Crippen LogP contribution in [0.4, 0.5) is 19.3 Å². The SMILES string of the molecule is Cc1cccc(N(Cc2ccc(-c3nnc(C(F)F)o3)cn2)C(=O)N2CCN(C)CC2)c1. The van der Waals surface area contributed by atoms with Gasteiger partial charge in [0.25, 0.3) is 5.89 Å². The van der Waals surface area contributed by atoms with Crippen LogP contribution < -0.4 is 4.90 Å². The number of likely N-dealkylation sites (N-methyl/N-ethyl adjacent to an activating group) is 1. The summed E-state index contributed by atoms with van der Waals surface area (Å²) in [6.45, 7) is 5.21. The van der Waals surface area contributed by atoms with Crippen molar-refractivity contribution in [1.82, 2.24) is 25.0 Å². The average Bonchev–Trinajstić information content (AvgIpc) is 3.29. The van der Waals surface area contributed by atoms with E-state index < -0.39 is 12.3 Å². The number of aromatic nitrogens is 3. The number of pyridine rings is 1. The molecule has 1 saturated heterocycles. The summed E-state index contributed by atoms with van der Waals surface area (Å²) < 4.78 is 30.3. The molecule has 0 N–H and O–H groups in total. The van der Waals surface area contributed by atoms with Gasteiger partial charge >= 0.3 is 12.5 Å². The van der Waals surface area contributed by atoms with E-state index in [9.17, 15) is 13.6 Å². The van der Waals surface area contributed by atoms with Crippen LogP contribution in [-0.2, 0) is 6.54 Å². The highest BCUT2D eigenvalue weighted by Gasteiger charge is 2.26. The lowest BCUT2D eigenvalue weighted by atomic mass is 10.2. The van der Waals surface area contributed by atoms with E-state index in [0.717, 1.165) is 24.3 Å². The second-order valence-corrected chi connectivity index (χ2v) is 7.78. The summed E-state index contributed by atoms with van der Waals surface area (Å²) in [6.07, 6.45) is -1.35. The molecular formula is C22H24F2N6O2. The Morgan fingerprint density at radius 3 is 2.56 bits per heavy atom. The number of piperazine rings is 1. The molecule has 0 bridgehead atoms. The number of anilines is 1. The number of carbonyl (C=O) groups excluding carboxylic acids is 1. The predicted octanol–water partition coefficient (Wildman–Crippen LogP) is 3.75. The Kier molecular flexibility index (Phi) is 6.40. The zero-order valence-electron chi connectivity index (χ0n) is 17.9. The highest BCUT2D eigenvalue weighted by Crippen LogP contribution is 2.24. The van der Waals surface area contributed by atoms with Crippen LogP contribution in [0, 0.1) is 6.92 Å². The second-order valence-electron chi connectivity index (χ2n) is 7.78. The van der Waals surface area contributed by atoms with Crippen LogP contribution in [0.2, 0.25) is 0 Å². The number of carbonyl (C=O) groups is 1. The maximum Gasteiger partial charge on any atom is 0.324 e. The standard InChI is InChI=1S/C22H24F2N6O2/c1-15-4-3-5-18(12-15)30(22(31)29-10-8-28(2)9-11-29)14-17-7-6-16(13-25-17)20-26-27-21(32-20)19(23)24/h3-7,12-13,19H,8-11,14H2,1-2H3. The molecule has 168 valence electrons. The summed E-state index contributed by atoms with van der Waals surface area (Å²) >= 11 is 0. The zero-order chi connectivity index (χ0) is 22.7. The molecule has 10 heteroatoms. The van der Waals surface area contributed by atoms with E-state index in [0.29, 0.717) is 24.3 Å². The van der Waals surface area contributed by atoms with Crippen molar-refractivity contribution in [2.24, 2.45) is 0 Å². The largest absolute Gasteiger partial charge is 0.415 e. The Morgan fingerprint density at radius 2 is 1.94 bits per heavy atom. The van der Waals surface area contributed by atoms with E-state index in [4.69, 9.17) is 4.42 Å². The third-order valence-electron chi connectivity index (χ3n) is 5.34. The number of urea groups is 1. The zero-order valence-corrected chi connectivity index (χ0v) is 17.9. The first kappa shape index (κ1) is 21.8. The number of benzene rings is 1. The number of halogens is 2. The molecule has 2 aromatic heterocycles. The fraction of sp³-hybridized carbons (Fsp3) is 0.364. The molecular weight excluding hydrogens is 418 g/mol. The quantitative estimate of drug-likeness (QED) is 0.599. The number of hydrogen-bond acceptors (Lipinski definition) is 6. The van der Waals surface area contributed by atoms with Crippen molar-refractivity contribution in [1.29, 1.82) is 0 Å². The van der Waals surface area contributed by atoms with Crippen LogP contribution >= 0.6 is 0 Å². The normalized spacial score (nSPS) is 14.7. The molecule has 1 fully saturated rings. The number of amides is 2. The van der Waals surface area contributed by atoms with Gasteiger partial charge in [0, 0.05) is 38.1 Å². The molecule has 0 atom stereocenters. The van der Waals surface area contributed by atoms with Gasteiger partial charge in [-0.2, -0.15) is 8.78 Å². The molecule has 0 spiro atoms. The Labute approximate surface area is 184 Å². The van der Waals surface area contributed by atoms with Crippen LogP contribution in [-0.4, -0.2) is 64.2 Å². The molecule has 0 radical (unpaired) electrons. The average molecular weight is 442 g/mol. The van der Waals surface area contributed by atoms with Gasteiger partial charge in [-0.15, -0.1) is 10.2 Å². The van der Waals surface area contributed by atoms with Gasteiger partial charge in [0.15, 0.2) is 0 Å². The number of aryl methyl sites for hydroxylation is 1. The van der Waals surface area contributed by atoms with Crippen LogP contribution in [0.5, 0.6) is 0 Å². The fourth-order valence-corrected chi connectivity index (χ4v) is 3.48. The minimum atomic E-state index is -2.83. The van der Waals surface area contributed by atoms with Crippen molar-refractivity contribution in [3.05, 3.63) is 59.7 Å². The number of rotatable bonds is 5. The Balaban J connectivity index is 1.55. The molecule has 0 unspecified atom stereocenters. The van der Waals surface area contributed by atoms with Crippen LogP contribution in [0.15, 0.2) is 47.0 Å². The highest BCUT2D eigenvalue weighted by molar-refractivity contribution is 5.92. The first-order valence-corrected chi connectivity index (χ1v) is 10.3. The lowest BCUT2D eigenvalue weighted by Crippen LogP contribution is -2.52. The van der Waals surface area contributed by atoms with Crippen molar-refractivity contribution in [2.75, 3.05) is 38.1 Å². The second kappa shape index (κ2) is 9.39. The van der Waals surface area contributed by atoms with Gasteiger partial charge in [-0.3, -0.25) is 9.88 Å².